The second-order valence-corrected chi connectivity index (χ2v) is 29.5. The first-order valence-corrected chi connectivity index (χ1v) is 42.6. The van der Waals surface area contributed by atoms with Crippen molar-refractivity contribution >= 4 is 11.9 Å². The van der Waals surface area contributed by atoms with E-state index in [9.17, 15) is 19.8 Å². The fourth-order valence-corrected chi connectivity index (χ4v) is 13.8. The van der Waals surface area contributed by atoms with E-state index in [1.165, 1.54) is 411 Å². The van der Waals surface area contributed by atoms with E-state index in [2.05, 4.69) is 43.5 Å². The second-order valence-electron chi connectivity index (χ2n) is 29.5. The van der Waals surface area contributed by atoms with Crippen molar-refractivity contribution in [1.82, 2.24) is 5.32 Å². The number of rotatable bonds is 81. The summed E-state index contributed by atoms with van der Waals surface area (Å²) in [6.07, 6.45) is 106. The monoisotopic (exact) mass is 1290 g/mol. The van der Waals surface area contributed by atoms with Gasteiger partial charge in [-0.25, -0.2) is 0 Å². The minimum absolute atomic E-state index is 0.0166. The van der Waals surface area contributed by atoms with Crippen molar-refractivity contribution < 1.29 is 24.5 Å². The molecule has 0 aromatic heterocycles. The van der Waals surface area contributed by atoms with Crippen LogP contribution in [0.25, 0.3) is 0 Å². The molecular weight excluding hydrogens is 1130 g/mol. The van der Waals surface area contributed by atoms with Gasteiger partial charge in [0.05, 0.1) is 25.4 Å². The van der Waals surface area contributed by atoms with E-state index in [4.69, 9.17) is 4.74 Å². The lowest BCUT2D eigenvalue weighted by Gasteiger charge is -2.22. The smallest absolute Gasteiger partial charge is 0.305 e. The first kappa shape index (κ1) is 90.3. The SMILES string of the molecule is CCCCCCCCC/C=C\CCCCCCCCCC(=O)OCCCCCCCCCCCCCC/C=C\CCCCCCCCCCCCCCCCCCC(=O)NC(CO)C(O)CCCCCCCCCCCCCCCCCCCCCCCCCCC. The molecule has 0 aromatic carbocycles. The van der Waals surface area contributed by atoms with Gasteiger partial charge in [-0.3, -0.25) is 9.59 Å². The van der Waals surface area contributed by atoms with E-state index in [1.807, 2.05) is 0 Å². The number of carbonyl (C=O) groups is 2. The number of allylic oxidation sites excluding steroid dienone is 4. The van der Waals surface area contributed by atoms with Crippen LogP contribution in [0.3, 0.4) is 0 Å². The highest BCUT2D eigenvalue weighted by Gasteiger charge is 2.20. The Balaban J connectivity index is 3.35. The molecule has 0 heterocycles. The van der Waals surface area contributed by atoms with Gasteiger partial charge in [-0.15, -0.1) is 0 Å². The van der Waals surface area contributed by atoms with Gasteiger partial charge in [-0.2, -0.15) is 0 Å². The fraction of sp³-hybridized carbons (Fsp3) is 0.930. The highest BCUT2D eigenvalue weighted by atomic mass is 16.5. The standard InChI is InChI=1S/C86H167NO5/c1-3-5-7-9-11-13-15-17-19-21-23-24-25-34-37-40-43-46-50-54-58-62-66-70-74-78-84(89)83(82-88)87-85(90)79-75-71-67-63-59-55-51-47-44-41-38-35-32-30-28-26-27-29-31-33-36-39-42-45-49-53-57-61-65-69-73-77-81-92-86(91)80-76-72-68-64-60-56-52-48-22-20-18-16-14-12-10-8-6-4-2/h20,22,29,31,83-84,88-89H,3-19,21,23-28,30,32-82H2,1-2H3,(H,87,90)/b22-20-,31-29-. The molecule has 0 aromatic rings. The number of aliphatic hydroxyl groups is 2. The van der Waals surface area contributed by atoms with Crippen molar-refractivity contribution in [3.05, 3.63) is 24.3 Å². The number of esters is 1. The van der Waals surface area contributed by atoms with E-state index in [-0.39, 0.29) is 18.5 Å². The van der Waals surface area contributed by atoms with Gasteiger partial charge in [0.2, 0.25) is 5.91 Å². The van der Waals surface area contributed by atoms with E-state index in [0.717, 1.165) is 44.9 Å². The maximum Gasteiger partial charge on any atom is 0.305 e. The Morgan fingerprint density at radius 2 is 0.511 bits per heavy atom. The van der Waals surface area contributed by atoms with Gasteiger partial charge >= 0.3 is 5.97 Å². The molecule has 0 bridgehead atoms. The Kier molecular flexibility index (Phi) is 80.3. The maximum absolute atomic E-state index is 12.6. The van der Waals surface area contributed by atoms with E-state index >= 15 is 0 Å². The Bertz CT molecular complexity index is 1450. The zero-order chi connectivity index (χ0) is 66.3. The minimum atomic E-state index is -0.664. The highest BCUT2D eigenvalue weighted by molar-refractivity contribution is 5.76. The van der Waals surface area contributed by atoms with Crippen LogP contribution < -0.4 is 5.32 Å². The maximum atomic E-state index is 12.6. The van der Waals surface area contributed by atoms with Gasteiger partial charge in [-0.1, -0.05) is 423 Å². The average molecular weight is 1300 g/mol. The molecule has 0 saturated heterocycles. The van der Waals surface area contributed by atoms with Gasteiger partial charge in [-0.05, 0) is 77.0 Å². The largest absolute Gasteiger partial charge is 0.466 e. The lowest BCUT2D eigenvalue weighted by atomic mass is 10.0. The lowest BCUT2D eigenvalue weighted by molar-refractivity contribution is -0.143. The Labute approximate surface area is 577 Å². The van der Waals surface area contributed by atoms with Crippen LogP contribution in [-0.2, 0) is 14.3 Å². The van der Waals surface area contributed by atoms with Crippen LogP contribution in [0.2, 0.25) is 0 Å². The van der Waals surface area contributed by atoms with Gasteiger partial charge in [0.25, 0.3) is 0 Å². The Morgan fingerprint density at radius 1 is 0.293 bits per heavy atom. The summed E-state index contributed by atoms with van der Waals surface area (Å²) in [5, 5.41) is 23.5. The van der Waals surface area contributed by atoms with Crippen molar-refractivity contribution in [2.75, 3.05) is 13.2 Å². The quantitative estimate of drug-likeness (QED) is 0.0320. The second kappa shape index (κ2) is 81.8. The van der Waals surface area contributed by atoms with E-state index in [1.54, 1.807) is 0 Å². The van der Waals surface area contributed by atoms with Crippen molar-refractivity contribution in [2.45, 2.75) is 501 Å². The summed E-state index contributed by atoms with van der Waals surface area (Å²) in [7, 11) is 0. The third kappa shape index (κ3) is 77.3. The summed E-state index contributed by atoms with van der Waals surface area (Å²) in [5.41, 5.74) is 0. The normalized spacial score (nSPS) is 12.5. The molecule has 92 heavy (non-hydrogen) atoms. The Hall–Kier alpha value is -1.66. The van der Waals surface area contributed by atoms with Crippen LogP contribution in [0.15, 0.2) is 24.3 Å². The number of amides is 1. The summed E-state index contributed by atoms with van der Waals surface area (Å²) in [6.45, 7) is 5.01. The minimum Gasteiger partial charge on any atom is -0.466 e. The Morgan fingerprint density at radius 3 is 0.772 bits per heavy atom. The molecule has 0 aliphatic heterocycles. The van der Waals surface area contributed by atoms with Crippen LogP contribution >= 0.6 is 0 Å². The third-order valence-electron chi connectivity index (χ3n) is 20.2. The first-order chi connectivity index (χ1) is 45.5. The average Bonchev–Trinajstić information content (AvgIpc) is 3.77. The molecule has 0 fully saturated rings. The molecular formula is C86H167NO5. The van der Waals surface area contributed by atoms with Gasteiger partial charge in [0.15, 0.2) is 0 Å². The van der Waals surface area contributed by atoms with Gasteiger partial charge < -0.3 is 20.3 Å². The number of hydrogen-bond acceptors (Lipinski definition) is 5. The molecule has 0 rings (SSSR count). The molecule has 2 atom stereocenters. The zero-order valence-corrected chi connectivity index (χ0v) is 62.8. The molecule has 2 unspecified atom stereocenters. The van der Waals surface area contributed by atoms with Crippen LogP contribution in [0.5, 0.6) is 0 Å². The number of carbonyl (C=O) groups excluding carboxylic acids is 2. The molecule has 0 aliphatic carbocycles. The predicted octanol–water partition coefficient (Wildman–Crippen LogP) is 28.4. The number of nitrogens with one attached hydrogen (secondary N) is 1. The summed E-state index contributed by atoms with van der Waals surface area (Å²) >= 11 is 0. The first-order valence-electron chi connectivity index (χ1n) is 42.6. The molecule has 546 valence electrons. The van der Waals surface area contributed by atoms with Crippen molar-refractivity contribution in [3.8, 4) is 0 Å². The predicted molar refractivity (Wildman–Crippen MR) is 407 cm³/mol. The van der Waals surface area contributed by atoms with E-state index in [0.29, 0.717) is 25.9 Å². The van der Waals surface area contributed by atoms with Crippen molar-refractivity contribution in [1.29, 1.82) is 0 Å². The molecule has 0 saturated carbocycles. The van der Waals surface area contributed by atoms with E-state index < -0.39 is 12.1 Å². The van der Waals surface area contributed by atoms with Crippen LogP contribution in [0.4, 0.5) is 0 Å². The summed E-state index contributed by atoms with van der Waals surface area (Å²) in [6, 6.07) is -0.541. The molecule has 6 heteroatoms. The number of ether oxygens (including phenoxy) is 1. The summed E-state index contributed by atoms with van der Waals surface area (Å²) in [5.74, 6) is -0.00943. The summed E-state index contributed by atoms with van der Waals surface area (Å²) < 4.78 is 5.51. The zero-order valence-electron chi connectivity index (χ0n) is 62.8. The van der Waals surface area contributed by atoms with Crippen LogP contribution in [0, 0.1) is 0 Å². The third-order valence-corrected chi connectivity index (χ3v) is 20.2. The highest BCUT2D eigenvalue weighted by Crippen LogP contribution is 2.21. The molecule has 6 nitrogen and oxygen atoms in total. The molecule has 0 spiro atoms. The molecule has 3 N–H and O–H groups in total. The fourth-order valence-electron chi connectivity index (χ4n) is 13.8. The summed E-state index contributed by atoms with van der Waals surface area (Å²) in [4.78, 5) is 24.7. The number of unbranched alkanes of at least 4 members (excludes halogenated alkanes) is 66. The lowest BCUT2D eigenvalue weighted by Crippen LogP contribution is -2.45. The topological polar surface area (TPSA) is 95.9 Å². The van der Waals surface area contributed by atoms with Crippen LogP contribution in [0.1, 0.15) is 489 Å². The number of hydrogen-bond donors (Lipinski definition) is 3. The number of aliphatic hydroxyl groups excluding tert-OH is 2. The van der Waals surface area contributed by atoms with Crippen LogP contribution in [-0.4, -0.2) is 47.4 Å². The van der Waals surface area contributed by atoms with Crippen molar-refractivity contribution in [2.24, 2.45) is 0 Å². The molecule has 1 amide bonds. The molecule has 0 aliphatic rings. The van der Waals surface area contributed by atoms with Crippen molar-refractivity contribution in [3.63, 3.8) is 0 Å². The van der Waals surface area contributed by atoms with Gasteiger partial charge in [0.1, 0.15) is 0 Å². The molecule has 0 radical (unpaired) electrons. The van der Waals surface area contributed by atoms with Gasteiger partial charge in [0, 0.05) is 12.8 Å².